The predicted octanol–water partition coefficient (Wildman–Crippen LogP) is 0.464. The van der Waals surface area contributed by atoms with E-state index in [1.165, 1.54) is 4.31 Å². The molecule has 0 aromatic carbocycles. The zero-order valence-corrected chi connectivity index (χ0v) is 15.3. The lowest BCUT2D eigenvalue weighted by atomic mass is 9.75. The van der Waals surface area contributed by atoms with E-state index in [1.807, 2.05) is 18.3 Å². The molecule has 0 amide bonds. The number of nitrogens with zero attached hydrogens (tertiary/aromatic N) is 5. The van der Waals surface area contributed by atoms with E-state index in [9.17, 15) is 8.42 Å². The second kappa shape index (κ2) is 6.19. The Kier molecular flexibility index (Phi) is 4.10. The Labute approximate surface area is 152 Å². The fourth-order valence-corrected chi connectivity index (χ4v) is 5.47. The van der Waals surface area contributed by atoms with Gasteiger partial charge in [0.25, 0.3) is 10.2 Å². The average Bonchev–Trinajstić information content (AvgIpc) is 3.23. The van der Waals surface area contributed by atoms with Gasteiger partial charge in [0.15, 0.2) is 0 Å². The second-order valence-corrected chi connectivity index (χ2v) is 9.03. The highest BCUT2D eigenvalue weighted by molar-refractivity contribution is 7.87. The van der Waals surface area contributed by atoms with Crippen molar-refractivity contribution in [3.63, 3.8) is 0 Å². The summed E-state index contributed by atoms with van der Waals surface area (Å²) in [7, 11) is -3.61. The summed E-state index contributed by atoms with van der Waals surface area (Å²) in [5.74, 6) is 1.18. The lowest BCUT2D eigenvalue weighted by Gasteiger charge is -2.42. The van der Waals surface area contributed by atoms with Gasteiger partial charge in [-0.2, -0.15) is 22.7 Å². The Balaban J connectivity index is 1.57. The highest BCUT2D eigenvalue weighted by atomic mass is 32.2. The van der Waals surface area contributed by atoms with Crippen LogP contribution < -0.4 is 9.62 Å². The molecule has 2 aromatic rings. The van der Waals surface area contributed by atoms with E-state index in [0.717, 1.165) is 36.4 Å². The fraction of sp³-hybridized carbons (Fsp3) is 0.562. The number of hydrogen-bond acceptors (Lipinski definition) is 6. The minimum atomic E-state index is -3.61. The second-order valence-electron chi connectivity index (χ2n) is 7.28. The number of hydrogen-bond donors (Lipinski definition) is 2. The molecule has 9 nitrogen and oxygen atoms in total. The van der Waals surface area contributed by atoms with Gasteiger partial charge in [0.1, 0.15) is 17.8 Å². The Morgan fingerprint density at radius 1 is 1.46 bits per heavy atom. The number of piperidine rings is 1. The molecule has 26 heavy (non-hydrogen) atoms. The Hall–Kier alpha value is -2.22. The maximum Gasteiger partial charge on any atom is 0.280 e. The third kappa shape index (κ3) is 2.82. The molecule has 2 N–H and O–H groups in total. The van der Waals surface area contributed by atoms with Crippen LogP contribution in [0.2, 0.25) is 0 Å². The maximum atomic E-state index is 12.4. The molecule has 2 fully saturated rings. The van der Waals surface area contributed by atoms with E-state index in [-0.39, 0.29) is 12.0 Å². The van der Waals surface area contributed by atoms with Gasteiger partial charge in [0, 0.05) is 37.8 Å². The smallest absolute Gasteiger partial charge is 0.280 e. The number of aromatic amines is 1. The molecule has 0 bridgehead atoms. The van der Waals surface area contributed by atoms with Crippen LogP contribution in [0.25, 0.3) is 11.0 Å². The molecular weight excluding hydrogens is 354 g/mol. The third-order valence-electron chi connectivity index (χ3n) is 5.55. The fourth-order valence-electron chi connectivity index (χ4n) is 4.20. The number of fused-ring (bicyclic) bond motifs is 2. The number of anilines is 1. The van der Waals surface area contributed by atoms with Crippen LogP contribution in [-0.2, 0) is 10.2 Å². The molecule has 4 heterocycles. The van der Waals surface area contributed by atoms with Crippen molar-refractivity contribution in [2.45, 2.75) is 13.3 Å². The van der Waals surface area contributed by atoms with Crippen molar-refractivity contribution in [1.82, 2.24) is 24.0 Å². The summed E-state index contributed by atoms with van der Waals surface area (Å²) >= 11 is 0. The molecular formula is C16H21N7O2S. The molecule has 0 spiro atoms. The van der Waals surface area contributed by atoms with Crippen molar-refractivity contribution in [3.8, 4) is 6.07 Å². The summed E-state index contributed by atoms with van der Waals surface area (Å²) in [4.78, 5) is 14.0. The third-order valence-corrected chi connectivity index (χ3v) is 7.02. The van der Waals surface area contributed by atoms with Gasteiger partial charge < -0.3 is 9.88 Å². The SMILES string of the molecule is C[C@@]12CN(c3ncnc4[nH]ccc34)CCC1CN(S(=O)(=O)NCC#N)C2. The predicted molar refractivity (Wildman–Crippen MR) is 96.4 cm³/mol. The molecule has 2 saturated heterocycles. The molecule has 2 aromatic heterocycles. The van der Waals surface area contributed by atoms with Gasteiger partial charge in [-0.05, 0) is 18.4 Å². The van der Waals surface area contributed by atoms with Crippen LogP contribution in [0.4, 0.5) is 5.82 Å². The molecule has 4 rings (SSSR count). The molecule has 1 unspecified atom stereocenters. The van der Waals surface area contributed by atoms with Crippen molar-refractivity contribution in [2.75, 3.05) is 37.6 Å². The number of rotatable bonds is 4. The lowest BCUT2D eigenvalue weighted by Crippen LogP contribution is -2.47. The minimum Gasteiger partial charge on any atom is -0.355 e. The summed E-state index contributed by atoms with van der Waals surface area (Å²) in [6.07, 6.45) is 4.30. The van der Waals surface area contributed by atoms with Crippen LogP contribution in [0.15, 0.2) is 18.6 Å². The molecule has 138 valence electrons. The Morgan fingerprint density at radius 3 is 3.12 bits per heavy atom. The summed E-state index contributed by atoms with van der Waals surface area (Å²) in [6, 6.07) is 3.79. The normalized spacial score (nSPS) is 26.8. The van der Waals surface area contributed by atoms with Gasteiger partial charge in [-0.1, -0.05) is 6.92 Å². The molecule has 2 aliphatic rings. The van der Waals surface area contributed by atoms with Gasteiger partial charge in [-0.25, -0.2) is 9.97 Å². The molecule has 2 aliphatic heterocycles. The first-order valence-electron chi connectivity index (χ1n) is 8.58. The quantitative estimate of drug-likeness (QED) is 0.750. The molecule has 0 saturated carbocycles. The van der Waals surface area contributed by atoms with Gasteiger partial charge in [0.2, 0.25) is 0 Å². The van der Waals surface area contributed by atoms with Crippen LogP contribution in [0.1, 0.15) is 13.3 Å². The van der Waals surface area contributed by atoms with Crippen molar-refractivity contribution in [3.05, 3.63) is 18.6 Å². The number of H-pyrrole nitrogens is 1. The molecule has 2 atom stereocenters. The first kappa shape index (κ1) is 17.2. The number of nitrogens with one attached hydrogen (secondary N) is 2. The van der Waals surface area contributed by atoms with Crippen LogP contribution >= 0.6 is 0 Å². The van der Waals surface area contributed by atoms with Crippen LogP contribution in [0.3, 0.4) is 0 Å². The lowest BCUT2D eigenvalue weighted by molar-refractivity contribution is 0.214. The summed E-state index contributed by atoms with van der Waals surface area (Å²) < 4.78 is 28.6. The first-order chi connectivity index (χ1) is 12.4. The van der Waals surface area contributed by atoms with Gasteiger partial charge in [-0.15, -0.1) is 0 Å². The van der Waals surface area contributed by atoms with Gasteiger partial charge in [-0.3, -0.25) is 0 Å². The minimum absolute atomic E-state index is 0.160. The molecule has 0 radical (unpaired) electrons. The van der Waals surface area contributed by atoms with Crippen LogP contribution in [0.5, 0.6) is 0 Å². The van der Waals surface area contributed by atoms with Crippen molar-refractivity contribution in [2.24, 2.45) is 11.3 Å². The standard InChI is InChI=1S/C16H21N7O2S/c1-16-9-22(15-13-2-5-18-14(13)19-11-20-15)7-3-12(16)8-23(10-16)26(24,25)21-6-4-17/h2,5,11-12,21H,3,6-10H2,1H3,(H,18,19,20)/t12?,16-/m0/s1. The molecule has 10 heteroatoms. The van der Waals surface area contributed by atoms with E-state index in [4.69, 9.17) is 5.26 Å². The Bertz CT molecular complexity index is 966. The van der Waals surface area contributed by atoms with E-state index >= 15 is 0 Å². The largest absolute Gasteiger partial charge is 0.355 e. The van der Waals surface area contributed by atoms with E-state index in [0.29, 0.717) is 19.0 Å². The zero-order chi connectivity index (χ0) is 18.4. The van der Waals surface area contributed by atoms with Gasteiger partial charge in [0.05, 0.1) is 18.0 Å². The highest BCUT2D eigenvalue weighted by Gasteiger charge is 2.49. The zero-order valence-electron chi connectivity index (χ0n) is 14.5. The summed E-state index contributed by atoms with van der Waals surface area (Å²) in [5, 5.41) is 9.62. The summed E-state index contributed by atoms with van der Waals surface area (Å²) in [5.41, 5.74) is 0.645. The van der Waals surface area contributed by atoms with Crippen LogP contribution in [-0.4, -0.2) is 60.4 Å². The maximum absolute atomic E-state index is 12.4. The summed E-state index contributed by atoms with van der Waals surface area (Å²) in [6.45, 7) is 4.43. The number of nitriles is 1. The van der Waals surface area contributed by atoms with Crippen molar-refractivity contribution < 1.29 is 8.42 Å². The van der Waals surface area contributed by atoms with Gasteiger partial charge >= 0.3 is 0 Å². The monoisotopic (exact) mass is 375 g/mol. The number of aromatic nitrogens is 3. The van der Waals surface area contributed by atoms with E-state index < -0.39 is 10.2 Å². The average molecular weight is 375 g/mol. The van der Waals surface area contributed by atoms with Crippen LogP contribution in [0, 0.1) is 22.7 Å². The van der Waals surface area contributed by atoms with E-state index in [1.54, 1.807) is 6.33 Å². The molecule has 0 aliphatic carbocycles. The highest BCUT2D eigenvalue weighted by Crippen LogP contribution is 2.43. The first-order valence-corrected chi connectivity index (χ1v) is 10.0. The van der Waals surface area contributed by atoms with Crippen molar-refractivity contribution in [1.29, 1.82) is 5.26 Å². The Morgan fingerprint density at radius 2 is 2.31 bits per heavy atom. The topological polar surface area (TPSA) is 118 Å². The van der Waals surface area contributed by atoms with E-state index in [2.05, 4.69) is 31.5 Å². The van der Waals surface area contributed by atoms with Crippen molar-refractivity contribution >= 4 is 27.1 Å².